The van der Waals surface area contributed by atoms with Gasteiger partial charge in [-0.05, 0) is 31.9 Å². The Hall–Kier alpha value is -2.30. The quantitative estimate of drug-likeness (QED) is 0.538. The molecular formula is C21H31N5O5S. The molecule has 11 heteroatoms. The Labute approximate surface area is 191 Å². The van der Waals surface area contributed by atoms with E-state index in [2.05, 4.69) is 10.6 Å². The van der Waals surface area contributed by atoms with Crippen molar-refractivity contribution in [3.8, 4) is 0 Å². The molecule has 10 nitrogen and oxygen atoms in total. The lowest BCUT2D eigenvalue weighted by atomic mass is 9.95. The van der Waals surface area contributed by atoms with Crippen LogP contribution < -0.4 is 10.6 Å². The lowest BCUT2D eigenvalue weighted by molar-refractivity contribution is -0.143. The number of nitrogens with zero attached hydrogens (tertiary/aromatic N) is 3. The normalized spacial score (nSPS) is 30.5. The van der Waals surface area contributed by atoms with Crippen LogP contribution in [0.25, 0.3) is 0 Å². The Kier molecular flexibility index (Phi) is 6.64. The molecule has 2 N–H and O–H groups in total. The summed E-state index contributed by atoms with van der Waals surface area (Å²) in [6, 6.07) is -1.96. The molecule has 0 aromatic heterocycles. The highest BCUT2D eigenvalue weighted by Gasteiger charge is 2.52. The SMILES string of the molecule is CSCC(=O)N1CC[C@@H]2NC(=O)[C@H]3C[C@H](NC(=O)C4CCN(C(C)=O)CC4)CN3C(=O)[C@H]21. The van der Waals surface area contributed by atoms with Crippen molar-refractivity contribution in [2.75, 3.05) is 38.2 Å². The lowest BCUT2D eigenvalue weighted by Crippen LogP contribution is -2.53. The maximum absolute atomic E-state index is 13.4. The third kappa shape index (κ3) is 4.31. The summed E-state index contributed by atoms with van der Waals surface area (Å²) in [5, 5.41) is 5.99. The molecule has 4 atom stereocenters. The number of nitrogens with one attached hydrogen (secondary N) is 2. The number of piperidine rings is 1. The van der Waals surface area contributed by atoms with Gasteiger partial charge >= 0.3 is 0 Å². The van der Waals surface area contributed by atoms with Crippen LogP contribution in [0.5, 0.6) is 0 Å². The van der Waals surface area contributed by atoms with Crippen LogP contribution in [0.15, 0.2) is 0 Å². The second-order valence-electron chi connectivity index (χ2n) is 9.10. The van der Waals surface area contributed by atoms with Gasteiger partial charge in [0, 0.05) is 45.1 Å². The first-order valence-corrected chi connectivity index (χ1v) is 12.6. The molecular weight excluding hydrogens is 434 g/mol. The molecule has 0 saturated carbocycles. The third-order valence-electron chi connectivity index (χ3n) is 7.11. The maximum atomic E-state index is 13.4. The van der Waals surface area contributed by atoms with Gasteiger partial charge < -0.3 is 25.3 Å². The number of thioether (sulfide) groups is 1. The molecule has 4 aliphatic heterocycles. The molecule has 32 heavy (non-hydrogen) atoms. The molecule has 4 fully saturated rings. The van der Waals surface area contributed by atoms with E-state index in [4.69, 9.17) is 0 Å². The minimum atomic E-state index is -0.672. The van der Waals surface area contributed by atoms with Gasteiger partial charge in [0.05, 0.1) is 11.8 Å². The molecule has 5 amide bonds. The molecule has 4 saturated heterocycles. The van der Waals surface area contributed by atoms with Gasteiger partial charge in [0.25, 0.3) is 0 Å². The van der Waals surface area contributed by atoms with Gasteiger partial charge in [-0.2, -0.15) is 11.8 Å². The fourth-order valence-electron chi connectivity index (χ4n) is 5.39. The Morgan fingerprint density at radius 2 is 1.84 bits per heavy atom. The molecule has 4 rings (SSSR count). The van der Waals surface area contributed by atoms with E-state index in [1.54, 1.807) is 14.7 Å². The molecule has 0 aromatic rings. The summed E-state index contributed by atoms with van der Waals surface area (Å²) in [4.78, 5) is 67.9. The highest BCUT2D eigenvalue weighted by atomic mass is 32.2. The third-order valence-corrected chi connectivity index (χ3v) is 7.65. The van der Waals surface area contributed by atoms with Crippen LogP contribution in [0.4, 0.5) is 0 Å². The summed E-state index contributed by atoms with van der Waals surface area (Å²) in [5.41, 5.74) is 0. The van der Waals surface area contributed by atoms with E-state index in [0.717, 1.165) is 0 Å². The van der Waals surface area contributed by atoms with Crippen molar-refractivity contribution in [1.29, 1.82) is 0 Å². The summed E-state index contributed by atoms with van der Waals surface area (Å²) in [7, 11) is 0. The zero-order valence-electron chi connectivity index (χ0n) is 18.5. The standard InChI is InChI=1S/C21H31N5O5S/c1-12(27)24-6-3-13(4-7-24)19(29)22-14-9-16-20(30)23-15-5-8-25(17(28)11-32-2)18(15)21(31)26(16)10-14/h13-16,18H,3-11H2,1-2H3,(H,22,29)(H,23,30)/t14-,15-,16+,18-/m0/s1. The zero-order chi connectivity index (χ0) is 23.0. The number of carbonyl (C=O) groups excluding carboxylic acids is 5. The molecule has 4 aliphatic rings. The fraction of sp³-hybridized carbons (Fsp3) is 0.762. The number of hydrogen-bond donors (Lipinski definition) is 2. The molecule has 0 bridgehead atoms. The van der Waals surface area contributed by atoms with Crippen LogP contribution in [0.1, 0.15) is 32.6 Å². The van der Waals surface area contributed by atoms with Crippen molar-refractivity contribution in [3.05, 3.63) is 0 Å². The van der Waals surface area contributed by atoms with Gasteiger partial charge in [-0.1, -0.05) is 0 Å². The van der Waals surface area contributed by atoms with E-state index >= 15 is 0 Å². The topological polar surface area (TPSA) is 119 Å². The average Bonchev–Trinajstić information content (AvgIpc) is 3.36. The van der Waals surface area contributed by atoms with Gasteiger partial charge in [0.1, 0.15) is 12.1 Å². The Morgan fingerprint density at radius 1 is 1.12 bits per heavy atom. The first-order valence-electron chi connectivity index (χ1n) is 11.2. The lowest BCUT2D eigenvalue weighted by Gasteiger charge is -2.31. The molecule has 176 valence electrons. The van der Waals surface area contributed by atoms with E-state index in [1.165, 1.54) is 18.7 Å². The molecule has 0 aromatic carbocycles. The van der Waals surface area contributed by atoms with E-state index in [0.29, 0.717) is 51.1 Å². The van der Waals surface area contributed by atoms with E-state index in [9.17, 15) is 24.0 Å². The second kappa shape index (κ2) is 9.29. The highest BCUT2D eigenvalue weighted by molar-refractivity contribution is 7.99. The van der Waals surface area contributed by atoms with Crippen LogP contribution in [-0.2, 0) is 24.0 Å². The maximum Gasteiger partial charge on any atom is 0.248 e. The van der Waals surface area contributed by atoms with E-state index < -0.39 is 12.1 Å². The van der Waals surface area contributed by atoms with Crippen molar-refractivity contribution in [1.82, 2.24) is 25.3 Å². The minimum absolute atomic E-state index is 0.0207. The van der Waals surface area contributed by atoms with Crippen LogP contribution in [0.2, 0.25) is 0 Å². The Balaban J connectivity index is 1.40. The number of carbonyl (C=O) groups is 5. The van der Waals surface area contributed by atoms with Crippen molar-refractivity contribution >= 4 is 41.3 Å². The molecule has 0 spiro atoms. The second-order valence-corrected chi connectivity index (χ2v) is 9.96. The summed E-state index contributed by atoms with van der Waals surface area (Å²) < 4.78 is 0. The fourth-order valence-corrected chi connectivity index (χ4v) is 5.80. The Morgan fingerprint density at radius 3 is 2.50 bits per heavy atom. The highest BCUT2D eigenvalue weighted by Crippen LogP contribution is 2.30. The summed E-state index contributed by atoms with van der Waals surface area (Å²) in [6.45, 7) is 3.39. The van der Waals surface area contributed by atoms with Gasteiger partial charge in [-0.15, -0.1) is 0 Å². The van der Waals surface area contributed by atoms with Gasteiger partial charge in [0.2, 0.25) is 29.5 Å². The van der Waals surface area contributed by atoms with Crippen molar-refractivity contribution in [2.24, 2.45) is 5.92 Å². The smallest absolute Gasteiger partial charge is 0.248 e. The van der Waals surface area contributed by atoms with Crippen molar-refractivity contribution < 1.29 is 24.0 Å². The molecule has 0 radical (unpaired) electrons. The summed E-state index contributed by atoms with van der Waals surface area (Å²) in [6.07, 6.45) is 4.01. The van der Waals surface area contributed by atoms with Crippen LogP contribution in [0.3, 0.4) is 0 Å². The van der Waals surface area contributed by atoms with Crippen molar-refractivity contribution in [3.63, 3.8) is 0 Å². The van der Waals surface area contributed by atoms with Gasteiger partial charge in [0.15, 0.2) is 0 Å². The van der Waals surface area contributed by atoms with Crippen molar-refractivity contribution in [2.45, 2.75) is 56.8 Å². The van der Waals surface area contributed by atoms with Gasteiger partial charge in [-0.25, -0.2) is 0 Å². The summed E-state index contributed by atoms with van der Waals surface area (Å²) in [5.74, 6) is -0.448. The predicted molar refractivity (Wildman–Crippen MR) is 117 cm³/mol. The number of hydrogen-bond acceptors (Lipinski definition) is 6. The van der Waals surface area contributed by atoms with Crippen LogP contribution >= 0.6 is 11.8 Å². The van der Waals surface area contributed by atoms with Crippen LogP contribution in [-0.4, -0.2) is 107 Å². The monoisotopic (exact) mass is 465 g/mol. The number of amides is 5. The van der Waals surface area contributed by atoms with E-state index in [1.807, 2.05) is 6.26 Å². The number of likely N-dealkylation sites (tertiary alicyclic amines) is 2. The average molecular weight is 466 g/mol. The predicted octanol–water partition coefficient (Wildman–Crippen LogP) is -1.21. The summed E-state index contributed by atoms with van der Waals surface area (Å²) >= 11 is 1.41. The molecule has 4 heterocycles. The largest absolute Gasteiger partial charge is 0.351 e. The van der Waals surface area contributed by atoms with Crippen LogP contribution in [0, 0.1) is 5.92 Å². The van der Waals surface area contributed by atoms with Gasteiger partial charge in [-0.3, -0.25) is 24.0 Å². The minimum Gasteiger partial charge on any atom is -0.351 e. The number of fused-ring (bicyclic) bond motifs is 2. The first kappa shape index (κ1) is 22.9. The molecule has 0 unspecified atom stereocenters. The number of rotatable bonds is 4. The Bertz CT molecular complexity index is 814. The molecule has 0 aliphatic carbocycles. The first-order chi connectivity index (χ1) is 15.3. The zero-order valence-corrected chi connectivity index (χ0v) is 19.4. The van der Waals surface area contributed by atoms with E-state index in [-0.39, 0.29) is 54.1 Å².